The Morgan fingerprint density at radius 2 is 1.65 bits per heavy atom. The molecule has 9 heteroatoms. The van der Waals surface area contributed by atoms with E-state index in [1.54, 1.807) is 48.5 Å². The summed E-state index contributed by atoms with van der Waals surface area (Å²) in [5, 5.41) is 6.76. The van der Waals surface area contributed by atoms with Crippen LogP contribution in [-0.4, -0.2) is 24.0 Å². The van der Waals surface area contributed by atoms with Crippen LogP contribution in [0.5, 0.6) is 5.75 Å². The Hall–Kier alpha value is -3.68. The second kappa shape index (κ2) is 10.4. The number of hydrogen-bond donors (Lipinski definition) is 2. The van der Waals surface area contributed by atoms with Crippen LogP contribution in [0.1, 0.15) is 15.9 Å². The maximum Gasteiger partial charge on any atom is 0.345 e. The van der Waals surface area contributed by atoms with E-state index in [2.05, 4.69) is 15.8 Å². The maximum atomic E-state index is 12.3. The number of rotatable bonds is 5. The molecule has 0 saturated carbocycles. The third-order valence-electron chi connectivity index (χ3n) is 3.84. The molecule has 2 N–H and O–H groups in total. The Balaban J connectivity index is 1.58. The number of anilines is 1. The number of amides is 2. The van der Waals surface area contributed by atoms with Crippen molar-refractivity contribution < 1.29 is 19.1 Å². The summed E-state index contributed by atoms with van der Waals surface area (Å²) in [7, 11) is 0. The van der Waals surface area contributed by atoms with Crippen LogP contribution >= 0.6 is 23.2 Å². The van der Waals surface area contributed by atoms with Gasteiger partial charge in [0.1, 0.15) is 5.75 Å². The largest absolute Gasteiger partial charge is 0.423 e. The summed E-state index contributed by atoms with van der Waals surface area (Å²) in [6.45, 7) is 0. The first-order chi connectivity index (χ1) is 14.9. The number of hydrogen-bond acceptors (Lipinski definition) is 5. The molecule has 0 aliphatic carbocycles. The fraction of sp³-hybridized carbons (Fsp3) is 0. The van der Waals surface area contributed by atoms with Gasteiger partial charge in [0.15, 0.2) is 0 Å². The molecule has 0 heterocycles. The molecule has 0 radical (unpaired) electrons. The normalized spacial score (nSPS) is 10.5. The molecule has 0 unspecified atom stereocenters. The van der Waals surface area contributed by atoms with E-state index in [1.165, 1.54) is 30.5 Å². The summed E-state index contributed by atoms with van der Waals surface area (Å²) in [5.41, 5.74) is 3.31. The first-order valence-electron chi connectivity index (χ1n) is 8.89. The summed E-state index contributed by atoms with van der Waals surface area (Å²) in [6, 6.07) is 19.4. The molecule has 0 aromatic heterocycles. The Labute approximate surface area is 187 Å². The number of benzene rings is 3. The summed E-state index contributed by atoms with van der Waals surface area (Å²) in [5.74, 6) is -2.19. The fourth-order valence-corrected chi connectivity index (χ4v) is 2.89. The monoisotopic (exact) mass is 455 g/mol. The van der Waals surface area contributed by atoms with Crippen LogP contribution in [0.2, 0.25) is 10.0 Å². The highest BCUT2D eigenvalue weighted by Gasteiger charge is 2.14. The average Bonchev–Trinajstić information content (AvgIpc) is 2.74. The van der Waals surface area contributed by atoms with Gasteiger partial charge in [-0.3, -0.25) is 9.59 Å². The molecule has 3 aromatic rings. The first kappa shape index (κ1) is 22.0. The number of ether oxygens (including phenoxy) is 1. The van der Waals surface area contributed by atoms with Crippen molar-refractivity contribution in [3.8, 4) is 5.75 Å². The minimum Gasteiger partial charge on any atom is -0.423 e. The number of hydrazone groups is 1. The van der Waals surface area contributed by atoms with E-state index < -0.39 is 17.8 Å². The van der Waals surface area contributed by atoms with Gasteiger partial charge < -0.3 is 10.1 Å². The van der Waals surface area contributed by atoms with Crippen molar-refractivity contribution >= 4 is 52.9 Å². The molecule has 0 aliphatic heterocycles. The second-order valence-electron chi connectivity index (χ2n) is 6.11. The zero-order valence-electron chi connectivity index (χ0n) is 15.8. The minimum absolute atomic E-state index is 0.168. The first-order valence-corrected chi connectivity index (χ1v) is 9.65. The highest BCUT2D eigenvalue weighted by atomic mass is 35.5. The molecule has 0 saturated heterocycles. The predicted octanol–water partition coefficient (Wildman–Crippen LogP) is 4.30. The standard InChI is InChI=1S/C22H15Cl2N3O4/c23-15-9-10-18(19(24)12-15)22(30)31-17-8-4-5-14(11-17)13-25-27-21(29)20(28)26-16-6-2-1-3-7-16/h1-13H,(H,26,28)(H,27,29). The summed E-state index contributed by atoms with van der Waals surface area (Å²) < 4.78 is 5.31. The topological polar surface area (TPSA) is 96.9 Å². The van der Waals surface area contributed by atoms with E-state index >= 15 is 0 Å². The van der Waals surface area contributed by atoms with Crippen molar-refractivity contribution in [3.05, 3.63) is 94.0 Å². The van der Waals surface area contributed by atoms with Gasteiger partial charge in [0.25, 0.3) is 0 Å². The van der Waals surface area contributed by atoms with Gasteiger partial charge in [-0.25, -0.2) is 10.2 Å². The van der Waals surface area contributed by atoms with Gasteiger partial charge in [-0.1, -0.05) is 53.5 Å². The SMILES string of the molecule is O=C(NN=Cc1cccc(OC(=O)c2ccc(Cl)cc2Cl)c1)C(=O)Nc1ccccc1. The highest BCUT2D eigenvalue weighted by molar-refractivity contribution is 6.39. The van der Waals surface area contributed by atoms with Crippen molar-refractivity contribution in [2.45, 2.75) is 0 Å². The van der Waals surface area contributed by atoms with Crippen LogP contribution < -0.4 is 15.5 Å². The van der Waals surface area contributed by atoms with Crippen molar-refractivity contribution in [1.82, 2.24) is 5.43 Å². The summed E-state index contributed by atoms with van der Waals surface area (Å²) >= 11 is 11.8. The molecule has 31 heavy (non-hydrogen) atoms. The maximum absolute atomic E-state index is 12.3. The molecule has 7 nitrogen and oxygen atoms in total. The molecule has 2 amide bonds. The van der Waals surface area contributed by atoms with E-state index in [-0.39, 0.29) is 16.3 Å². The van der Waals surface area contributed by atoms with Crippen molar-refractivity contribution in [3.63, 3.8) is 0 Å². The molecule has 0 bridgehead atoms. The zero-order chi connectivity index (χ0) is 22.2. The van der Waals surface area contributed by atoms with E-state index in [4.69, 9.17) is 27.9 Å². The molecule has 0 fully saturated rings. The molecule has 3 aromatic carbocycles. The van der Waals surface area contributed by atoms with Gasteiger partial charge in [-0.05, 0) is 48.0 Å². The number of carbonyl (C=O) groups excluding carboxylic acids is 3. The zero-order valence-corrected chi connectivity index (χ0v) is 17.4. The van der Waals surface area contributed by atoms with Gasteiger partial charge in [0.2, 0.25) is 0 Å². The molecule has 0 aliphatic rings. The number of nitrogens with one attached hydrogen (secondary N) is 2. The molecule has 0 atom stereocenters. The van der Waals surface area contributed by atoms with Crippen LogP contribution in [-0.2, 0) is 9.59 Å². The van der Waals surface area contributed by atoms with E-state index in [9.17, 15) is 14.4 Å². The average molecular weight is 456 g/mol. The minimum atomic E-state index is -0.930. The summed E-state index contributed by atoms with van der Waals surface area (Å²) in [4.78, 5) is 36.0. The predicted molar refractivity (Wildman–Crippen MR) is 119 cm³/mol. The second-order valence-corrected chi connectivity index (χ2v) is 6.95. The smallest absolute Gasteiger partial charge is 0.345 e. The van der Waals surface area contributed by atoms with E-state index in [0.717, 1.165) is 0 Å². The van der Waals surface area contributed by atoms with Gasteiger partial charge in [0, 0.05) is 10.7 Å². The molecule has 156 valence electrons. The lowest BCUT2D eigenvalue weighted by Crippen LogP contribution is -2.32. The highest BCUT2D eigenvalue weighted by Crippen LogP contribution is 2.23. The number of nitrogens with zero attached hydrogens (tertiary/aromatic N) is 1. The van der Waals surface area contributed by atoms with Crippen molar-refractivity contribution in [2.75, 3.05) is 5.32 Å². The van der Waals surface area contributed by atoms with Gasteiger partial charge >= 0.3 is 17.8 Å². The van der Waals surface area contributed by atoms with Crippen LogP contribution in [0.3, 0.4) is 0 Å². The van der Waals surface area contributed by atoms with Crippen LogP contribution in [0.25, 0.3) is 0 Å². The van der Waals surface area contributed by atoms with Gasteiger partial charge in [-0.15, -0.1) is 0 Å². The van der Waals surface area contributed by atoms with Gasteiger partial charge in [0.05, 0.1) is 16.8 Å². The summed E-state index contributed by atoms with van der Waals surface area (Å²) in [6.07, 6.45) is 1.31. The third-order valence-corrected chi connectivity index (χ3v) is 4.39. The fourth-order valence-electron chi connectivity index (χ4n) is 2.40. The molecular formula is C22H15Cl2N3O4. The van der Waals surface area contributed by atoms with E-state index in [1.807, 2.05) is 0 Å². The molecule has 0 spiro atoms. The number of esters is 1. The third kappa shape index (κ3) is 6.40. The van der Waals surface area contributed by atoms with Crippen molar-refractivity contribution in [1.29, 1.82) is 0 Å². The Kier molecular flexibility index (Phi) is 7.37. The number of para-hydroxylation sites is 1. The molecule has 3 rings (SSSR count). The lowest BCUT2D eigenvalue weighted by molar-refractivity contribution is -0.136. The van der Waals surface area contributed by atoms with Gasteiger partial charge in [-0.2, -0.15) is 5.10 Å². The Bertz CT molecular complexity index is 1150. The van der Waals surface area contributed by atoms with E-state index in [0.29, 0.717) is 16.3 Å². The van der Waals surface area contributed by atoms with Crippen molar-refractivity contribution in [2.24, 2.45) is 5.10 Å². The number of halogens is 2. The van der Waals surface area contributed by atoms with Crippen LogP contribution in [0.4, 0.5) is 5.69 Å². The van der Waals surface area contributed by atoms with Crippen LogP contribution in [0, 0.1) is 0 Å². The lowest BCUT2D eigenvalue weighted by Gasteiger charge is -2.07. The lowest BCUT2D eigenvalue weighted by atomic mass is 10.2. The quantitative estimate of drug-likeness (QED) is 0.197. The number of carbonyl (C=O) groups is 3. The molecular weight excluding hydrogens is 441 g/mol. The Morgan fingerprint density at radius 1 is 0.871 bits per heavy atom. The van der Waals surface area contributed by atoms with Crippen LogP contribution in [0.15, 0.2) is 77.9 Å². The Morgan fingerprint density at radius 3 is 2.39 bits per heavy atom.